The average Bonchev–Trinajstić information content (AvgIpc) is 2.59. The molecular formula is C8H6N2O3. The summed E-state index contributed by atoms with van der Waals surface area (Å²) in [4.78, 5) is 18.7. The molecule has 2 rings (SSSR count). The van der Waals surface area contributed by atoms with Gasteiger partial charge in [-0.05, 0) is 12.1 Å². The third kappa shape index (κ3) is 1.24. The second-order valence-electron chi connectivity index (χ2n) is 2.34. The molecule has 66 valence electrons. The first-order chi connectivity index (χ1) is 6.31. The van der Waals surface area contributed by atoms with Crippen LogP contribution in [0.15, 0.2) is 22.7 Å². The Balaban J connectivity index is 2.56. The molecule has 0 fully saturated rings. The van der Waals surface area contributed by atoms with Crippen LogP contribution in [-0.2, 0) is 4.74 Å². The van der Waals surface area contributed by atoms with Gasteiger partial charge in [0.25, 0.3) is 0 Å². The molecule has 2 aromatic rings. The van der Waals surface area contributed by atoms with Crippen molar-refractivity contribution in [3.05, 3.63) is 24.2 Å². The van der Waals surface area contributed by atoms with E-state index >= 15 is 0 Å². The molecule has 0 aliphatic carbocycles. The van der Waals surface area contributed by atoms with E-state index < -0.39 is 5.97 Å². The standard InChI is InChI=1S/C8H6N2O3/c1-12-8(11)7-10-6-5(13-7)3-2-4-9-6/h2-4H,1H3. The Morgan fingerprint density at radius 3 is 3.15 bits per heavy atom. The predicted molar refractivity (Wildman–Crippen MR) is 43.1 cm³/mol. The summed E-state index contributed by atoms with van der Waals surface area (Å²) in [6, 6.07) is 3.39. The number of hydrogen-bond donors (Lipinski definition) is 0. The third-order valence-electron chi connectivity index (χ3n) is 1.52. The Morgan fingerprint density at radius 2 is 2.46 bits per heavy atom. The number of aromatic nitrogens is 2. The lowest BCUT2D eigenvalue weighted by molar-refractivity contribution is 0.0558. The first-order valence-corrected chi connectivity index (χ1v) is 3.61. The van der Waals surface area contributed by atoms with Gasteiger partial charge >= 0.3 is 11.9 Å². The van der Waals surface area contributed by atoms with Gasteiger partial charge in [0, 0.05) is 6.20 Å². The van der Waals surface area contributed by atoms with Crippen molar-refractivity contribution in [1.82, 2.24) is 9.97 Å². The number of hydrogen-bond acceptors (Lipinski definition) is 5. The highest BCUT2D eigenvalue weighted by atomic mass is 16.5. The van der Waals surface area contributed by atoms with Crippen LogP contribution in [-0.4, -0.2) is 23.0 Å². The van der Waals surface area contributed by atoms with Crippen LogP contribution in [0, 0.1) is 0 Å². The number of oxazole rings is 1. The van der Waals surface area contributed by atoms with Gasteiger partial charge in [0.2, 0.25) is 0 Å². The molecule has 0 unspecified atom stereocenters. The summed E-state index contributed by atoms with van der Waals surface area (Å²) in [5.41, 5.74) is 0.880. The van der Waals surface area contributed by atoms with E-state index in [0.717, 1.165) is 0 Å². The SMILES string of the molecule is COC(=O)c1nc2ncccc2o1. The average molecular weight is 178 g/mol. The molecule has 0 amide bonds. The minimum absolute atomic E-state index is 0.0730. The minimum atomic E-state index is -0.599. The predicted octanol–water partition coefficient (Wildman–Crippen LogP) is 1.01. The van der Waals surface area contributed by atoms with Crippen molar-refractivity contribution in [1.29, 1.82) is 0 Å². The summed E-state index contributed by atoms with van der Waals surface area (Å²) in [6.45, 7) is 0. The van der Waals surface area contributed by atoms with Crippen LogP contribution in [0.3, 0.4) is 0 Å². The van der Waals surface area contributed by atoms with Gasteiger partial charge in [-0.15, -0.1) is 0 Å². The van der Waals surface area contributed by atoms with E-state index in [1.165, 1.54) is 7.11 Å². The molecule has 13 heavy (non-hydrogen) atoms. The van der Waals surface area contributed by atoms with Gasteiger partial charge in [-0.2, -0.15) is 4.98 Å². The van der Waals surface area contributed by atoms with E-state index in [0.29, 0.717) is 11.2 Å². The Morgan fingerprint density at radius 1 is 1.62 bits per heavy atom. The number of carbonyl (C=O) groups is 1. The minimum Gasteiger partial charge on any atom is -0.462 e. The quantitative estimate of drug-likeness (QED) is 0.609. The molecule has 0 atom stereocenters. The van der Waals surface area contributed by atoms with Crippen molar-refractivity contribution >= 4 is 17.2 Å². The van der Waals surface area contributed by atoms with Crippen LogP contribution in [0.5, 0.6) is 0 Å². The summed E-state index contributed by atoms with van der Waals surface area (Å²) in [6.07, 6.45) is 1.58. The fourth-order valence-corrected chi connectivity index (χ4v) is 0.944. The summed E-state index contributed by atoms with van der Waals surface area (Å²) >= 11 is 0. The molecule has 0 saturated heterocycles. The second kappa shape index (κ2) is 2.85. The molecule has 5 heteroatoms. The highest BCUT2D eigenvalue weighted by Crippen LogP contribution is 2.12. The lowest BCUT2D eigenvalue weighted by atomic mass is 10.5. The van der Waals surface area contributed by atoms with E-state index in [9.17, 15) is 4.79 Å². The van der Waals surface area contributed by atoms with Gasteiger partial charge in [0.15, 0.2) is 11.2 Å². The second-order valence-corrected chi connectivity index (χ2v) is 2.34. The summed E-state index contributed by atoms with van der Waals surface area (Å²) < 4.78 is 9.52. The van der Waals surface area contributed by atoms with Gasteiger partial charge < -0.3 is 9.15 Å². The lowest BCUT2D eigenvalue weighted by Gasteiger charge is -1.88. The molecule has 0 aliphatic rings. The zero-order chi connectivity index (χ0) is 9.26. The van der Waals surface area contributed by atoms with Crippen molar-refractivity contribution < 1.29 is 13.9 Å². The third-order valence-corrected chi connectivity index (χ3v) is 1.52. The van der Waals surface area contributed by atoms with Crippen LogP contribution in [0.2, 0.25) is 0 Å². The molecular weight excluding hydrogens is 172 g/mol. The number of fused-ring (bicyclic) bond motifs is 1. The van der Waals surface area contributed by atoms with Gasteiger partial charge in [-0.1, -0.05) is 0 Å². The number of methoxy groups -OCH3 is 1. The van der Waals surface area contributed by atoms with E-state index in [-0.39, 0.29) is 5.89 Å². The van der Waals surface area contributed by atoms with Crippen molar-refractivity contribution in [3.63, 3.8) is 0 Å². The van der Waals surface area contributed by atoms with E-state index in [1.54, 1.807) is 18.3 Å². The maximum atomic E-state index is 11.0. The fraction of sp³-hybridized carbons (Fsp3) is 0.125. The number of pyridine rings is 1. The van der Waals surface area contributed by atoms with Crippen molar-refractivity contribution in [2.24, 2.45) is 0 Å². The molecule has 0 radical (unpaired) electrons. The maximum Gasteiger partial charge on any atom is 0.394 e. The van der Waals surface area contributed by atoms with Crippen molar-refractivity contribution in [3.8, 4) is 0 Å². The molecule has 0 bridgehead atoms. The Bertz CT molecular complexity index is 416. The highest BCUT2D eigenvalue weighted by Gasteiger charge is 2.14. The number of esters is 1. The largest absolute Gasteiger partial charge is 0.462 e. The van der Waals surface area contributed by atoms with Gasteiger partial charge in [-0.25, -0.2) is 9.78 Å². The summed E-state index contributed by atoms with van der Waals surface area (Å²) in [5, 5.41) is 0. The number of nitrogens with zero attached hydrogens (tertiary/aromatic N) is 2. The normalized spacial score (nSPS) is 10.2. The molecule has 0 aromatic carbocycles. The molecule has 2 heterocycles. The van der Waals surface area contributed by atoms with Crippen LogP contribution >= 0.6 is 0 Å². The Hall–Kier alpha value is -1.91. The van der Waals surface area contributed by atoms with Crippen LogP contribution < -0.4 is 0 Å². The van der Waals surface area contributed by atoms with E-state index in [4.69, 9.17) is 4.42 Å². The lowest BCUT2D eigenvalue weighted by Crippen LogP contribution is -2.00. The first-order valence-electron chi connectivity index (χ1n) is 3.61. The van der Waals surface area contributed by atoms with Crippen LogP contribution in [0.1, 0.15) is 10.7 Å². The van der Waals surface area contributed by atoms with Crippen LogP contribution in [0.4, 0.5) is 0 Å². The van der Waals surface area contributed by atoms with E-state index in [1.807, 2.05) is 0 Å². The molecule has 5 nitrogen and oxygen atoms in total. The van der Waals surface area contributed by atoms with Crippen LogP contribution in [0.25, 0.3) is 11.2 Å². The first kappa shape index (κ1) is 7.72. The number of rotatable bonds is 1. The van der Waals surface area contributed by atoms with Gasteiger partial charge in [-0.3, -0.25) is 0 Å². The maximum absolute atomic E-state index is 11.0. The molecule has 0 spiro atoms. The number of carbonyl (C=O) groups excluding carboxylic acids is 1. The molecule has 0 aliphatic heterocycles. The smallest absolute Gasteiger partial charge is 0.394 e. The van der Waals surface area contributed by atoms with Crippen molar-refractivity contribution in [2.75, 3.05) is 7.11 Å². The Kier molecular flexibility index (Phi) is 1.70. The zero-order valence-corrected chi connectivity index (χ0v) is 6.85. The van der Waals surface area contributed by atoms with Gasteiger partial charge in [0.05, 0.1) is 7.11 Å². The summed E-state index contributed by atoms with van der Waals surface area (Å²) in [7, 11) is 1.27. The fourth-order valence-electron chi connectivity index (χ4n) is 0.944. The molecule has 2 aromatic heterocycles. The topological polar surface area (TPSA) is 65.2 Å². The van der Waals surface area contributed by atoms with Crippen molar-refractivity contribution in [2.45, 2.75) is 0 Å². The zero-order valence-electron chi connectivity index (χ0n) is 6.85. The monoisotopic (exact) mass is 178 g/mol. The number of ether oxygens (including phenoxy) is 1. The summed E-state index contributed by atoms with van der Waals surface area (Å²) in [5.74, 6) is -0.672. The van der Waals surface area contributed by atoms with Gasteiger partial charge in [0.1, 0.15) is 0 Å². The van der Waals surface area contributed by atoms with E-state index in [2.05, 4.69) is 14.7 Å². The molecule has 0 N–H and O–H groups in total. The molecule has 0 saturated carbocycles. The highest BCUT2D eigenvalue weighted by molar-refractivity contribution is 5.87. The Labute approximate surface area is 73.4 Å².